The molecule has 1 aliphatic heterocycles. The number of rotatable bonds is 4. The summed E-state index contributed by atoms with van der Waals surface area (Å²) in [6, 6.07) is 12.3. The van der Waals surface area contributed by atoms with Gasteiger partial charge in [0.15, 0.2) is 0 Å². The molecule has 0 atom stereocenters. The van der Waals surface area contributed by atoms with E-state index in [1.165, 1.54) is 7.11 Å². The van der Waals surface area contributed by atoms with Crippen molar-refractivity contribution in [3.05, 3.63) is 53.6 Å². The number of para-hydroxylation sites is 1. The van der Waals surface area contributed by atoms with Crippen LogP contribution in [0.5, 0.6) is 5.75 Å². The van der Waals surface area contributed by atoms with Crippen molar-refractivity contribution in [2.75, 3.05) is 43.5 Å². The van der Waals surface area contributed by atoms with Gasteiger partial charge < -0.3 is 19.9 Å². The highest BCUT2D eigenvalue weighted by atomic mass is 19.4. The van der Waals surface area contributed by atoms with Crippen LogP contribution in [0, 0.1) is 6.92 Å². The monoisotopic (exact) mass is 421 g/mol. The maximum atomic E-state index is 12.6. The van der Waals surface area contributed by atoms with Crippen LogP contribution in [0.25, 0.3) is 0 Å². The largest absolute Gasteiger partial charge is 0.496 e. The molecule has 3 rings (SSSR count). The summed E-state index contributed by atoms with van der Waals surface area (Å²) < 4.78 is 43.0. The second-order valence-electron chi connectivity index (χ2n) is 6.93. The summed E-state index contributed by atoms with van der Waals surface area (Å²) in [4.78, 5) is 26.6. The molecule has 0 spiro atoms. The first-order valence-corrected chi connectivity index (χ1v) is 9.37. The van der Waals surface area contributed by atoms with Gasteiger partial charge >= 0.3 is 12.1 Å². The van der Waals surface area contributed by atoms with E-state index in [2.05, 4.69) is 5.32 Å². The number of benzene rings is 2. The van der Waals surface area contributed by atoms with Crippen molar-refractivity contribution in [2.45, 2.75) is 13.1 Å². The van der Waals surface area contributed by atoms with Crippen LogP contribution in [0.3, 0.4) is 0 Å². The number of amides is 2. The van der Waals surface area contributed by atoms with E-state index in [9.17, 15) is 22.8 Å². The highest BCUT2D eigenvalue weighted by Gasteiger charge is 2.43. The molecule has 160 valence electrons. The van der Waals surface area contributed by atoms with Gasteiger partial charge in [-0.1, -0.05) is 12.1 Å². The first-order chi connectivity index (χ1) is 14.2. The van der Waals surface area contributed by atoms with Gasteiger partial charge in [0.2, 0.25) is 0 Å². The molecule has 6 nitrogen and oxygen atoms in total. The number of aryl methyl sites for hydroxylation is 1. The van der Waals surface area contributed by atoms with Crippen LogP contribution < -0.4 is 15.0 Å². The van der Waals surface area contributed by atoms with Crippen LogP contribution in [0.1, 0.15) is 15.9 Å². The van der Waals surface area contributed by atoms with Gasteiger partial charge in [-0.05, 0) is 42.8 Å². The number of anilines is 2. The third-order valence-corrected chi connectivity index (χ3v) is 4.96. The Bertz CT molecular complexity index is 921. The summed E-state index contributed by atoms with van der Waals surface area (Å²) in [6.45, 7) is 2.46. The zero-order chi connectivity index (χ0) is 21.9. The maximum Gasteiger partial charge on any atom is 0.471 e. The molecule has 2 amide bonds. The molecule has 0 saturated carbocycles. The molecule has 0 unspecified atom stereocenters. The molecule has 0 radical (unpaired) electrons. The standard InChI is InChI=1S/C21H22F3N3O3/c1-14-4-3-5-17(18(14)30-2)19(28)25-15-6-8-16(9-7-15)26-10-12-27(13-11-26)20(29)21(22,23)24/h3-9H,10-13H2,1-2H3,(H,25,28). The lowest BCUT2D eigenvalue weighted by Crippen LogP contribution is -2.52. The van der Waals surface area contributed by atoms with E-state index >= 15 is 0 Å². The Balaban J connectivity index is 1.62. The predicted molar refractivity (Wildman–Crippen MR) is 107 cm³/mol. The highest BCUT2D eigenvalue weighted by molar-refractivity contribution is 6.06. The van der Waals surface area contributed by atoms with Crippen molar-refractivity contribution < 1.29 is 27.5 Å². The molecule has 0 bridgehead atoms. The third-order valence-electron chi connectivity index (χ3n) is 4.96. The minimum Gasteiger partial charge on any atom is -0.496 e. The Labute approximate surface area is 172 Å². The number of alkyl halides is 3. The molecule has 1 aliphatic rings. The lowest BCUT2D eigenvalue weighted by atomic mass is 10.1. The molecule has 1 heterocycles. The Morgan fingerprint density at radius 1 is 1.00 bits per heavy atom. The lowest BCUT2D eigenvalue weighted by molar-refractivity contribution is -0.185. The number of hydrogen-bond acceptors (Lipinski definition) is 4. The summed E-state index contributed by atoms with van der Waals surface area (Å²) in [6.07, 6.45) is -4.85. The Morgan fingerprint density at radius 3 is 2.20 bits per heavy atom. The van der Waals surface area contributed by atoms with Crippen LogP contribution >= 0.6 is 0 Å². The summed E-state index contributed by atoms with van der Waals surface area (Å²) in [5, 5.41) is 2.81. The van der Waals surface area contributed by atoms with E-state index in [-0.39, 0.29) is 19.0 Å². The molecule has 9 heteroatoms. The highest BCUT2D eigenvalue weighted by Crippen LogP contribution is 2.26. The summed E-state index contributed by atoms with van der Waals surface area (Å²) in [5.41, 5.74) is 2.66. The molecule has 0 aliphatic carbocycles. The van der Waals surface area contributed by atoms with Gasteiger partial charge in [-0.15, -0.1) is 0 Å². The van der Waals surface area contributed by atoms with Gasteiger partial charge in [0.1, 0.15) is 5.75 Å². The van der Waals surface area contributed by atoms with Crippen LogP contribution in [-0.2, 0) is 4.79 Å². The SMILES string of the molecule is COc1c(C)cccc1C(=O)Nc1ccc(N2CCN(C(=O)C(F)(F)F)CC2)cc1. The van der Waals surface area contributed by atoms with E-state index < -0.39 is 12.1 Å². The summed E-state index contributed by atoms with van der Waals surface area (Å²) in [5.74, 6) is -1.59. The van der Waals surface area contributed by atoms with Crippen LogP contribution in [-0.4, -0.2) is 56.2 Å². The predicted octanol–water partition coefficient (Wildman–Crippen LogP) is 3.47. The van der Waals surface area contributed by atoms with Gasteiger partial charge in [0.25, 0.3) is 5.91 Å². The second kappa shape index (κ2) is 8.64. The first-order valence-electron chi connectivity index (χ1n) is 9.37. The van der Waals surface area contributed by atoms with Crippen molar-refractivity contribution in [3.63, 3.8) is 0 Å². The maximum absolute atomic E-state index is 12.6. The third kappa shape index (κ3) is 4.67. The van der Waals surface area contributed by atoms with Crippen LogP contribution in [0.4, 0.5) is 24.5 Å². The molecule has 1 saturated heterocycles. The van der Waals surface area contributed by atoms with Crippen molar-refractivity contribution in [3.8, 4) is 5.75 Å². The molecule has 2 aromatic carbocycles. The van der Waals surface area contributed by atoms with Crippen molar-refractivity contribution in [1.29, 1.82) is 0 Å². The van der Waals surface area contributed by atoms with E-state index in [4.69, 9.17) is 4.74 Å². The van der Waals surface area contributed by atoms with Crippen molar-refractivity contribution in [1.82, 2.24) is 4.90 Å². The summed E-state index contributed by atoms with van der Waals surface area (Å²) in [7, 11) is 1.51. The molecule has 1 N–H and O–H groups in total. The number of nitrogens with one attached hydrogen (secondary N) is 1. The Hall–Kier alpha value is -3.23. The molecule has 2 aromatic rings. The topological polar surface area (TPSA) is 61.9 Å². The molecule has 1 fully saturated rings. The smallest absolute Gasteiger partial charge is 0.471 e. The van der Waals surface area contributed by atoms with E-state index in [0.717, 1.165) is 16.2 Å². The van der Waals surface area contributed by atoms with Gasteiger partial charge in [-0.2, -0.15) is 13.2 Å². The van der Waals surface area contributed by atoms with E-state index in [1.807, 2.05) is 17.9 Å². The van der Waals surface area contributed by atoms with E-state index in [1.54, 1.807) is 36.4 Å². The quantitative estimate of drug-likeness (QED) is 0.821. The average molecular weight is 421 g/mol. The zero-order valence-corrected chi connectivity index (χ0v) is 16.6. The minimum atomic E-state index is -4.85. The number of nitrogens with zero attached hydrogens (tertiary/aromatic N) is 2. The fourth-order valence-corrected chi connectivity index (χ4v) is 3.40. The number of carbonyl (C=O) groups excluding carboxylic acids is 2. The first kappa shape index (κ1) is 21.5. The normalized spacial score (nSPS) is 14.4. The fourth-order valence-electron chi connectivity index (χ4n) is 3.40. The van der Waals surface area contributed by atoms with Crippen LogP contribution in [0.2, 0.25) is 0 Å². The molecular formula is C21H22F3N3O3. The van der Waals surface area contributed by atoms with E-state index in [0.29, 0.717) is 30.1 Å². The number of piperazine rings is 1. The van der Waals surface area contributed by atoms with Gasteiger partial charge in [-0.25, -0.2) is 0 Å². The number of carbonyl (C=O) groups is 2. The Kier molecular flexibility index (Phi) is 6.19. The molecule has 0 aromatic heterocycles. The number of ether oxygens (including phenoxy) is 1. The van der Waals surface area contributed by atoms with Crippen molar-refractivity contribution in [2.24, 2.45) is 0 Å². The number of methoxy groups -OCH3 is 1. The van der Waals surface area contributed by atoms with Crippen molar-refractivity contribution >= 4 is 23.2 Å². The zero-order valence-electron chi connectivity index (χ0n) is 16.6. The number of hydrogen-bond donors (Lipinski definition) is 1. The lowest BCUT2D eigenvalue weighted by Gasteiger charge is -2.36. The number of halogens is 3. The fraction of sp³-hybridized carbons (Fsp3) is 0.333. The summed E-state index contributed by atoms with van der Waals surface area (Å²) >= 11 is 0. The molecule has 30 heavy (non-hydrogen) atoms. The minimum absolute atomic E-state index is 0.00395. The van der Waals surface area contributed by atoms with Gasteiger partial charge in [-0.3, -0.25) is 9.59 Å². The second-order valence-corrected chi connectivity index (χ2v) is 6.93. The van der Waals surface area contributed by atoms with Crippen LogP contribution in [0.15, 0.2) is 42.5 Å². The average Bonchev–Trinajstić information content (AvgIpc) is 2.73. The Morgan fingerprint density at radius 2 is 1.63 bits per heavy atom. The van der Waals surface area contributed by atoms with Gasteiger partial charge in [0.05, 0.1) is 12.7 Å². The molecular weight excluding hydrogens is 399 g/mol. The van der Waals surface area contributed by atoms with Gasteiger partial charge in [0, 0.05) is 37.6 Å².